The van der Waals surface area contributed by atoms with Crippen molar-refractivity contribution in [2.75, 3.05) is 25.2 Å². The predicted molar refractivity (Wildman–Crippen MR) is 133 cm³/mol. The highest BCUT2D eigenvalue weighted by Gasteiger charge is 2.32. The Kier molecular flexibility index (Phi) is 8.27. The maximum Gasteiger partial charge on any atom is 0.573 e. The summed E-state index contributed by atoms with van der Waals surface area (Å²) in [6, 6.07) is 15.7. The lowest BCUT2D eigenvalue weighted by Crippen LogP contribution is -2.23. The molecule has 0 spiro atoms. The predicted octanol–water partition coefficient (Wildman–Crippen LogP) is 4.93. The molecule has 0 heterocycles. The van der Waals surface area contributed by atoms with Crippen LogP contribution in [0.1, 0.15) is 22.8 Å². The first kappa shape index (κ1) is 27.7. The van der Waals surface area contributed by atoms with Crippen LogP contribution in [0.25, 0.3) is 11.1 Å². The fourth-order valence-electron chi connectivity index (χ4n) is 3.55. The van der Waals surface area contributed by atoms with E-state index < -0.39 is 33.8 Å². The number of nitrogens with one attached hydrogen (secondary N) is 1. The summed E-state index contributed by atoms with van der Waals surface area (Å²) in [4.78, 5) is 27.0. The molecule has 0 atom stereocenters. The van der Waals surface area contributed by atoms with Gasteiger partial charge in [0.2, 0.25) is 5.91 Å². The van der Waals surface area contributed by atoms with Crippen LogP contribution in [0, 0.1) is 0 Å². The summed E-state index contributed by atoms with van der Waals surface area (Å²) in [5, 5.41) is 2.67. The molecule has 0 bridgehead atoms. The Hall–Kier alpha value is -3.86. The fraction of sp³-hybridized carbons (Fsp3) is 0.231. The second kappa shape index (κ2) is 11.0. The molecule has 196 valence electrons. The van der Waals surface area contributed by atoms with Gasteiger partial charge in [-0.3, -0.25) is 9.59 Å². The monoisotopic (exact) mass is 534 g/mol. The van der Waals surface area contributed by atoms with E-state index in [1.54, 1.807) is 19.1 Å². The molecule has 0 aliphatic rings. The van der Waals surface area contributed by atoms with E-state index in [0.717, 1.165) is 6.07 Å². The number of rotatable bonds is 8. The molecule has 0 saturated heterocycles. The molecule has 0 fully saturated rings. The number of alkyl halides is 3. The van der Waals surface area contributed by atoms with E-state index in [9.17, 15) is 31.2 Å². The maximum atomic E-state index is 12.9. The van der Waals surface area contributed by atoms with Gasteiger partial charge in [0.15, 0.2) is 9.84 Å². The van der Waals surface area contributed by atoms with Gasteiger partial charge in [-0.15, -0.1) is 13.2 Å². The lowest BCUT2D eigenvalue weighted by molar-refractivity contribution is -0.274. The van der Waals surface area contributed by atoms with Gasteiger partial charge in [-0.05, 0) is 41.5 Å². The van der Waals surface area contributed by atoms with Crippen molar-refractivity contribution in [3.05, 3.63) is 77.9 Å². The van der Waals surface area contributed by atoms with Gasteiger partial charge in [0.05, 0.1) is 17.1 Å². The molecular formula is C26H25F3N2O5S. The van der Waals surface area contributed by atoms with Crippen molar-refractivity contribution in [2.45, 2.75) is 24.6 Å². The van der Waals surface area contributed by atoms with Crippen LogP contribution in [0.5, 0.6) is 5.75 Å². The fourth-order valence-corrected chi connectivity index (χ4v) is 4.43. The number of halogens is 3. The average Bonchev–Trinajstić information content (AvgIpc) is 2.83. The van der Waals surface area contributed by atoms with E-state index in [2.05, 4.69) is 10.1 Å². The minimum Gasteiger partial charge on any atom is -0.405 e. The highest BCUT2D eigenvalue weighted by Crippen LogP contribution is 2.36. The molecule has 0 radical (unpaired) electrons. The summed E-state index contributed by atoms with van der Waals surface area (Å²) in [6.45, 7) is 1.54. The second-order valence-electron chi connectivity index (χ2n) is 8.28. The minimum atomic E-state index is -4.92. The third kappa shape index (κ3) is 7.10. The topological polar surface area (TPSA) is 92.8 Å². The number of ether oxygens (including phenoxy) is 1. The highest BCUT2D eigenvalue weighted by molar-refractivity contribution is 7.91. The normalized spacial score (nSPS) is 11.6. The van der Waals surface area contributed by atoms with Gasteiger partial charge in [-0.25, -0.2) is 8.42 Å². The Balaban J connectivity index is 1.89. The van der Waals surface area contributed by atoms with Crippen molar-refractivity contribution in [1.29, 1.82) is 0 Å². The molecule has 0 aromatic heterocycles. The molecule has 3 aromatic carbocycles. The van der Waals surface area contributed by atoms with Crippen LogP contribution < -0.4 is 10.1 Å². The van der Waals surface area contributed by atoms with Crippen LogP contribution in [0.15, 0.2) is 71.6 Å². The summed E-state index contributed by atoms with van der Waals surface area (Å²) < 4.78 is 66.9. The van der Waals surface area contributed by atoms with Gasteiger partial charge in [0.1, 0.15) is 5.75 Å². The smallest absolute Gasteiger partial charge is 0.405 e. The van der Waals surface area contributed by atoms with Crippen molar-refractivity contribution in [3.8, 4) is 16.9 Å². The van der Waals surface area contributed by atoms with Crippen LogP contribution in [0.3, 0.4) is 0 Å². The molecule has 1 N–H and O–H groups in total. The zero-order chi connectivity index (χ0) is 27.4. The Labute approximate surface area is 212 Å². The van der Waals surface area contributed by atoms with Crippen LogP contribution in [0.2, 0.25) is 0 Å². The van der Waals surface area contributed by atoms with Crippen molar-refractivity contribution in [3.63, 3.8) is 0 Å². The van der Waals surface area contributed by atoms with Gasteiger partial charge in [0, 0.05) is 30.9 Å². The molecule has 2 amide bonds. The zero-order valence-corrected chi connectivity index (χ0v) is 21.1. The lowest BCUT2D eigenvalue weighted by Gasteiger charge is -2.18. The van der Waals surface area contributed by atoms with Crippen molar-refractivity contribution >= 4 is 27.3 Å². The summed E-state index contributed by atoms with van der Waals surface area (Å²) >= 11 is 0. The number of carbonyl (C=O) groups is 2. The number of hydrogen-bond donors (Lipinski definition) is 1. The number of nitrogens with zero attached hydrogens (tertiary/aromatic N) is 1. The van der Waals surface area contributed by atoms with E-state index in [1.165, 1.54) is 67.5 Å². The maximum absolute atomic E-state index is 12.9. The summed E-state index contributed by atoms with van der Waals surface area (Å²) in [7, 11) is -0.364. The first-order valence-electron chi connectivity index (χ1n) is 11.1. The van der Waals surface area contributed by atoms with Crippen LogP contribution in [0.4, 0.5) is 18.9 Å². The van der Waals surface area contributed by atoms with Crippen molar-refractivity contribution < 1.29 is 35.9 Å². The van der Waals surface area contributed by atoms with E-state index in [-0.39, 0.29) is 39.4 Å². The van der Waals surface area contributed by atoms with Crippen LogP contribution in [-0.2, 0) is 21.1 Å². The van der Waals surface area contributed by atoms with Gasteiger partial charge < -0.3 is 15.0 Å². The molecule has 0 unspecified atom stereocenters. The first-order chi connectivity index (χ1) is 17.3. The Morgan fingerprint density at radius 2 is 1.59 bits per heavy atom. The molecule has 3 rings (SSSR count). The lowest BCUT2D eigenvalue weighted by atomic mass is 9.97. The third-order valence-corrected chi connectivity index (χ3v) is 7.12. The van der Waals surface area contributed by atoms with Crippen molar-refractivity contribution in [2.24, 2.45) is 0 Å². The number of amides is 2. The Morgan fingerprint density at radius 3 is 2.19 bits per heavy atom. The Bertz CT molecular complexity index is 1400. The molecule has 37 heavy (non-hydrogen) atoms. The van der Waals surface area contributed by atoms with Gasteiger partial charge in [0.25, 0.3) is 5.91 Å². The van der Waals surface area contributed by atoms with Gasteiger partial charge in [-0.1, -0.05) is 43.3 Å². The molecule has 0 aliphatic heterocycles. The average molecular weight is 535 g/mol. The Morgan fingerprint density at radius 1 is 0.946 bits per heavy atom. The van der Waals surface area contributed by atoms with E-state index in [1.807, 2.05) is 0 Å². The second-order valence-corrected chi connectivity index (χ2v) is 10.6. The summed E-state index contributed by atoms with van der Waals surface area (Å²) in [6.07, 6.45) is -4.98. The van der Waals surface area contributed by atoms with Crippen molar-refractivity contribution in [1.82, 2.24) is 4.90 Å². The number of hydrogen-bond acceptors (Lipinski definition) is 5. The highest BCUT2D eigenvalue weighted by atomic mass is 32.2. The third-order valence-electron chi connectivity index (χ3n) is 5.37. The van der Waals surface area contributed by atoms with Gasteiger partial charge >= 0.3 is 6.36 Å². The molecule has 3 aromatic rings. The summed E-state index contributed by atoms with van der Waals surface area (Å²) in [5.41, 5.74) is 1.16. The number of anilines is 1. The quantitative estimate of drug-likeness (QED) is 0.443. The van der Waals surface area contributed by atoms with Crippen LogP contribution in [-0.4, -0.2) is 51.3 Å². The molecule has 0 saturated carbocycles. The minimum absolute atomic E-state index is 0.0381. The number of para-hydroxylation sites is 1. The number of benzene rings is 3. The van der Waals surface area contributed by atoms with Crippen LogP contribution >= 0.6 is 0 Å². The molecule has 7 nitrogen and oxygen atoms in total. The van der Waals surface area contributed by atoms with Gasteiger partial charge in [-0.2, -0.15) is 0 Å². The van der Waals surface area contributed by atoms with E-state index >= 15 is 0 Å². The number of sulfone groups is 1. The van der Waals surface area contributed by atoms with E-state index in [0.29, 0.717) is 5.56 Å². The number of carbonyl (C=O) groups excluding carboxylic acids is 2. The molecular weight excluding hydrogens is 509 g/mol. The standard InChI is InChI=1S/C26H25F3N2O5S/c1-4-37(34,35)19-12-9-17(10-13-19)15-24(32)30-18-11-14-20(22(16-18)25(33)31(2)3)21-7-5-6-8-23(21)36-26(27,28)29/h5-14,16H,4,15H2,1-3H3,(H,30,32). The summed E-state index contributed by atoms with van der Waals surface area (Å²) in [5.74, 6) is -1.42. The zero-order valence-electron chi connectivity index (χ0n) is 20.3. The largest absolute Gasteiger partial charge is 0.573 e. The first-order valence-corrected chi connectivity index (χ1v) is 12.8. The molecule has 11 heteroatoms. The SMILES string of the molecule is CCS(=O)(=O)c1ccc(CC(=O)Nc2ccc(-c3ccccc3OC(F)(F)F)c(C(=O)N(C)C)c2)cc1. The molecule has 0 aliphatic carbocycles. The van der Waals surface area contributed by atoms with E-state index in [4.69, 9.17) is 0 Å².